The number of amides is 1. The van der Waals surface area contributed by atoms with Crippen molar-refractivity contribution in [2.45, 2.75) is 0 Å². The molecular weight excluding hydrogens is 214 g/mol. The highest BCUT2D eigenvalue weighted by molar-refractivity contribution is 5.96. The van der Waals surface area contributed by atoms with Crippen molar-refractivity contribution in [3.8, 4) is 0 Å². The third kappa shape index (κ3) is 3.38. The van der Waals surface area contributed by atoms with Gasteiger partial charge >= 0.3 is 0 Å². The standard InChI is InChI=1S/C13H17N3O/c1-3-5-16(6-4-2)13(17)10-7-11(14)9-12(15)8-10/h3-4,7-9H,1-2,5-6,14-15H2. The number of hydrogen-bond acceptors (Lipinski definition) is 3. The summed E-state index contributed by atoms with van der Waals surface area (Å²) < 4.78 is 0. The zero-order valence-electron chi connectivity index (χ0n) is 9.73. The Morgan fingerprint density at radius 3 is 2.00 bits per heavy atom. The van der Waals surface area contributed by atoms with E-state index in [1.165, 1.54) is 0 Å². The van der Waals surface area contributed by atoms with Gasteiger partial charge in [-0.15, -0.1) is 13.2 Å². The Hall–Kier alpha value is -2.23. The SMILES string of the molecule is C=CCN(CC=C)C(=O)c1cc(N)cc(N)c1. The first-order chi connectivity index (χ1) is 8.08. The number of nitrogens with zero attached hydrogens (tertiary/aromatic N) is 1. The summed E-state index contributed by atoms with van der Waals surface area (Å²) in [6, 6.07) is 4.83. The van der Waals surface area contributed by atoms with E-state index in [1.807, 2.05) is 0 Å². The van der Waals surface area contributed by atoms with Crippen molar-refractivity contribution in [2.75, 3.05) is 24.6 Å². The number of benzene rings is 1. The molecule has 17 heavy (non-hydrogen) atoms. The molecule has 0 aliphatic carbocycles. The molecule has 0 heterocycles. The fraction of sp³-hybridized carbons (Fsp3) is 0.154. The molecule has 0 spiro atoms. The van der Waals surface area contributed by atoms with Gasteiger partial charge in [-0.3, -0.25) is 4.79 Å². The summed E-state index contributed by atoms with van der Waals surface area (Å²) in [7, 11) is 0. The minimum atomic E-state index is -0.135. The van der Waals surface area contributed by atoms with Crippen molar-refractivity contribution in [1.29, 1.82) is 0 Å². The lowest BCUT2D eigenvalue weighted by Gasteiger charge is -2.19. The molecule has 1 amide bonds. The summed E-state index contributed by atoms with van der Waals surface area (Å²) in [6.07, 6.45) is 3.33. The normalized spacial score (nSPS) is 9.65. The third-order valence-corrected chi connectivity index (χ3v) is 2.21. The lowest BCUT2D eigenvalue weighted by Crippen LogP contribution is -2.31. The van der Waals surface area contributed by atoms with E-state index in [2.05, 4.69) is 13.2 Å². The predicted octanol–water partition coefficient (Wildman–Crippen LogP) is 1.67. The van der Waals surface area contributed by atoms with Crippen molar-refractivity contribution in [2.24, 2.45) is 0 Å². The van der Waals surface area contributed by atoms with Crippen LogP contribution in [-0.4, -0.2) is 23.9 Å². The highest BCUT2D eigenvalue weighted by Gasteiger charge is 2.13. The Balaban J connectivity index is 2.99. The summed E-state index contributed by atoms with van der Waals surface area (Å²) in [5.41, 5.74) is 12.7. The maximum atomic E-state index is 12.1. The van der Waals surface area contributed by atoms with Crippen molar-refractivity contribution < 1.29 is 4.79 Å². The number of hydrogen-bond donors (Lipinski definition) is 2. The first-order valence-electron chi connectivity index (χ1n) is 5.25. The van der Waals surface area contributed by atoms with E-state index < -0.39 is 0 Å². The summed E-state index contributed by atoms with van der Waals surface area (Å²) in [6.45, 7) is 8.15. The molecule has 0 saturated heterocycles. The molecule has 1 aromatic rings. The van der Waals surface area contributed by atoms with Gasteiger partial charge in [-0.1, -0.05) is 12.2 Å². The molecule has 4 heteroatoms. The van der Waals surface area contributed by atoms with Gasteiger partial charge in [-0.2, -0.15) is 0 Å². The monoisotopic (exact) mass is 231 g/mol. The number of rotatable bonds is 5. The topological polar surface area (TPSA) is 72.3 Å². The van der Waals surface area contributed by atoms with Crippen LogP contribution in [0.2, 0.25) is 0 Å². The second-order valence-electron chi connectivity index (χ2n) is 3.68. The molecule has 0 aliphatic heterocycles. The first-order valence-corrected chi connectivity index (χ1v) is 5.25. The summed E-state index contributed by atoms with van der Waals surface area (Å²) in [5.74, 6) is -0.135. The van der Waals surface area contributed by atoms with Gasteiger partial charge in [-0.05, 0) is 18.2 Å². The largest absolute Gasteiger partial charge is 0.399 e. The quantitative estimate of drug-likeness (QED) is 0.598. The van der Waals surface area contributed by atoms with Gasteiger partial charge in [0.05, 0.1) is 0 Å². The Kier molecular flexibility index (Phi) is 4.34. The second kappa shape index (κ2) is 5.75. The molecule has 0 saturated carbocycles. The fourth-order valence-corrected chi connectivity index (χ4v) is 1.53. The molecule has 0 radical (unpaired) electrons. The van der Waals surface area contributed by atoms with Crippen LogP contribution in [0.5, 0.6) is 0 Å². The Labute approximate surface area is 101 Å². The number of carbonyl (C=O) groups excluding carboxylic acids is 1. The van der Waals surface area contributed by atoms with Crippen LogP contribution in [0.3, 0.4) is 0 Å². The Morgan fingerprint density at radius 1 is 1.12 bits per heavy atom. The van der Waals surface area contributed by atoms with Crippen LogP contribution in [0.1, 0.15) is 10.4 Å². The maximum Gasteiger partial charge on any atom is 0.254 e. The Morgan fingerprint density at radius 2 is 1.59 bits per heavy atom. The van der Waals surface area contributed by atoms with Crippen LogP contribution in [0.25, 0.3) is 0 Å². The van der Waals surface area contributed by atoms with E-state index in [4.69, 9.17) is 11.5 Å². The number of carbonyl (C=O) groups is 1. The van der Waals surface area contributed by atoms with E-state index in [0.29, 0.717) is 30.0 Å². The smallest absolute Gasteiger partial charge is 0.254 e. The molecular formula is C13H17N3O. The van der Waals surface area contributed by atoms with Gasteiger partial charge in [0, 0.05) is 30.0 Å². The van der Waals surface area contributed by atoms with E-state index in [9.17, 15) is 4.79 Å². The molecule has 0 bridgehead atoms. The summed E-state index contributed by atoms with van der Waals surface area (Å²) >= 11 is 0. The zero-order valence-corrected chi connectivity index (χ0v) is 9.73. The van der Waals surface area contributed by atoms with Crippen molar-refractivity contribution in [3.63, 3.8) is 0 Å². The molecule has 0 aliphatic rings. The molecule has 4 N–H and O–H groups in total. The zero-order chi connectivity index (χ0) is 12.8. The lowest BCUT2D eigenvalue weighted by atomic mass is 10.1. The molecule has 0 aromatic heterocycles. The summed E-state index contributed by atoms with van der Waals surface area (Å²) in [4.78, 5) is 13.8. The van der Waals surface area contributed by atoms with E-state index >= 15 is 0 Å². The van der Waals surface area contributed by atoms with Crippen molar-refractivity contribution in [3.05, 3.63) is 49.1 Å². The molecule has 1 aromatic carbocycles. The molecule has 4 nitrogen and oxygen atoms in total. The van der Waals surface area contributed by atoms with Gasteiger partial charge in [0.15, 0.2) is 0 Å². The minimum absolute atomic E-state index is 0.135. The molecule has 0 unspecified atom stereocenters. The van der Waals surface area contributed by atoms with Crippen LogP contribution in [0, 0.1) is 0 Å². The first kappa shape index (κ1) is 12.8. The maximum absolute atomic E-state index is 12.1. The lowest BCUT2D eigenvalue weighted by molar-refractivity contribution is 0.0791. The summed E-state index contributed by atoms with van der Waals surface area (Å²) in [5, 5.41) is 0. The molecule has 0 fully saturated rings. The highest BCUT2D eigenvalue weighted by Crippen LogP contribution is 2.15. The van der Waals surface area contributed by atoms with Gasteiger partial charge in [0.1, 0.15) is 0 Å². The molecule has 90 valence electrons. The van der Waals surface area contributed by atoms with Gasteiger partial charge in [0.25, 0.3) is 5.91 Å². The van der Waals surface area contributed by atoms with Gasteiger partial charge in [0.2, 0.25) is 0 Å². The van der Waals surface area contributed by atoms with Crippen molar-refractivity contribution >= 4 is 17.3 Å². The van der Waals surface area contributed by atoms with Crippen LogP contribution in [0.4, 0.5) is 11.4 Å². The number of nitrogens with two attached hydrogens (primary N) is 2. The van der Waals surface area contributed by atoms with E-state index in [0.717, 1.165) is 0 Å². The Bertz CT molecular complexity index is 410. The molecule has 1 rings (SSSR count). The van der Waals surface area contributed by atoms with Crippen LogP contribution < -0.4 is 11.5 Å². The van der Waals surface area contributed by atoms with Crippen LogP contribution >= 0.6 is 0 Å². The minimum Gasteiger partial charge on any atom is -0.399 e. The fourth-order valence-electron chi connectivity index (χ4n) is 1.53. The number of anilines is 2. The number of nitrogen functional groups attached to an aromatic ring is 2. The average Bonchev–Trinajstić information content (AvgIpc) is 2.26. The van der Waals surface area contributed by atoms with Crippen LogP contribution in [-0.2, 0) is 0 Å². The van der Waals surface area contributed by atoms with Crippen LogP contribution in [0.15, 0.2) is 43.5 Å². The van der Waals surface area contributed by atoms with E-state index in [1.54, 1.807) is 35.3 Å². The second-order valence-corrected chi connectivity index (χ2v) is 3.68. The average molecular weight is 231 g/mol. The van der Waals surface area contributed by atoms with Gasteiger partial charge < -0.3 is 16.4 Å². The highest BCUT2D eigenvalue weighted by atomic mass is 16.2. The van der Waals surface area contributed by atoms with Crippen molar-refractivity contribution in [1.82, 2.24) is 4.90 Å². The van der Waals surface area contributed by atoms with E-state index in [-0.39, 0.29) is 5.91 Å². The molecule has 0 atom stereocenters. The predicted molar refractivity (Wildman–Crippen MR) is 71.6 cm³/mol. The third-order valence-electron chi connectivity index (χ3n) is 2.21. The van der Waals surface area contributed by atoms with Gasteiger partial charge in [-0.25, -0.2) is 0 Å².